The van der Waals surface area contributed by atoms with E-state index >= 15 is 0 Å². The number of carbonyl (C=O) groups excluding carboxylic acids is 3. The molecule has 2 saturated heterocycles. The third kappa shape index (κ3) is 4.92. The fourth-order valence-corrected chi connectivity index (χ4v) is 3.12. The van der Waals surface area contributed by atoms with Gasteiger partial charge in [-0.05, 0) is 39.8 Å². The number of hydrogen-bond acceptors (Lipinski definition) is 4. The Balaban J connectivity index is 1.88. The van der Waals surface area contributed by atoms with Gasteiger partial charge in [-0.2, -0.15) is 0 Å². The second-order valence-corrected chi connectivity index (χ2v) is 6.58. The molecule has 0 atom stereocenters. The Morgan fingerprint density at radius 3 is 2.35 bits per heavy atom. The molecule has 2 fully saturated rings. The van der Waals surface area contributed by atoms with Gasteiger partial charge in [0.1, 0.15) is 6.54 Å². The lowest BCUT2D eigenvalue weighted by atomic mass is 10.2. The van der Waals surface area contributed by atoms with E-state index in [-0.39, 0.29) is 30.9 Å². The normalized spacial score (nSPS) is 19.9. The summed E-state index contributed by atoms with van der Waals surface area (Å²) in [7, 11) is 0. The zero-order chi connectivity index (χ0) is 16.8. The molecule has 0 aromatic heterocycles. The number of nitrogens with zero attached hydrogens (tertiary/aromatic N) is 3. The molecule has 0 aliphatic carbocycles. The summed E-state index contributed by atoms with van der Waals surface area (Å²) in [5.41, 5.74) is 0. The molecule has 2 aliphatic rings. The van der Waals surface area contributed by atoms with Gasteiger partial charge in [-0.1, -0.05) is 12.8 Å². The lowest BCUT2D eigenvalue weighted by Crippen LogP contribution is -2.48. The summed E-state index contributed by atoms with van der Waals surface area (Å²) >= 11 is 0. The van der Waals surface area contributed by atoms with E-state index in [0.717, 1.165) is 24.5 Å². The van der Waals surface area contributed by atoms with Crippen LogP contribution in [0.5, 0.6) is 0 Å². The maximum Gasteiger partial charge on any atom is 0.325 e. The van der Waals surface area contributed by atoms with Crippen LogP contribution in [-0.4, -0.2) is 77.9 Å². The van der Waals surface area contributed by atoms with Gasteiger partial charge in [-0.3, -0.25) is 14.5 Å². The molecule has 0 aromatic carbocycles. The van der Waals surface area contributed by atoms with Crippen molar-refractivity contribution < 1.29 is 14.4 Å². The highest BCUT2D eigenvalue weighted by atomic mass is 16.2. The van der Waals surface area contributed by atoms with Crippen LogP contribution in [0, 0.1) is 0 Å². The van der Waals surface area contributed by atoms with Crippen molar-refractivity contribution in [2.24, 2.45) is 0 Å². The summed E-state index contributed by atoms with van der Waals surface area (Å²) in [4.78, 5) is 40.9. The van der Waals surface area contributed by atoms with Crippen molar-refractivity contribution >= 4 is 17.8 Å². The Labute approximate surface area is 138 Å². The summed E-state index contributed by atoms with van der Waals surface area (Å²) in [5.74, 6) is -0.500. The van der Waals surface area contributed by atoms with Crippen molar-refractivity contribution in [2.75, 3.05) is 39.3 Å². The number of urea groups is 1. The summed E-state index contributed by atoms with van der Waals surface area (Å²) in [6.07, 6.45) is 5.02. The average molecular weight is 324 g/mol. The minimum Gasteiger partial charge on any atom is -0.337 e. The molecule has 0 spiro atoms. The molecule has 0 unspecified atom stereocenters. The van der Waals surface area contributed by atoms with E-state index in [1.54, 1.807) is 4.90 Å². The fraction of sp³-hybridized carbons (Fsp3) is 0.812. The van der Waals surface area contributed by atoms with E-state index in [2.05, 4.69) is 10.2 Å². The molecule has 2 rings (SSSR count). The van der Waals surface area contributed by atoms with Gasteiger partial charge < -0.3 is 15.1 Å². The predicted molar refractivity (Wildman–Crippen MR) is 86.9 cm³/mol. The summed E-state index contributed by atoms with van der Waals surface area (Å²) in [5, 5.41) is 2.44. The first kappa shape index (κ1) is 17.7. The van der Waals surface area contributed by atoms with Gasteiger partial charge in [0.2, 0.25) is 5.91 Å². The van der Waals surface area contributed by atoms with Gasteiger partial charge in [0, 0.05) is 19.1 Å². The number of rotatable bonds is 6. The van der Waals surface area contributed by atoms with E-state index < -0.39 is 6.03 Å². The van der Waals surface area contributed by atoms with Gasteiger partial charge in [0.15, 0.2) is 0 Å². The molecular formula is C16H28N4O3. The molecule has 1 N–H and O–H groups in total. The molecule has 0 radical (unpaired) electrons. The number of amides is 4. The molecule has 23 heavy (non-hydrogen) atoms. The molecular weight excluding hydrogens is 296 g/mol. The number of hydrogen-bond donors (Lipinski definition) is 1. The van der Waals surface area contributed by atoms with E-state index in [1.807, 2.05) is 13.8 Å². The summed E-state index contributed by atoms with van der Waals surface area (Å²) < 4.78 is 0. The summed E-state index contributed by atoms with van der Waals surface area (Å²) in [6.45, 7) is 7.42. The molecule has 0 bridgehead atoms. The molecule has 0 saturated carbocycles. The first-order valence-corrected chi connectivity index (χ1v) is 8.59. The Morgan fingerprint density at radius 1 is 1.17 bits per heavy atom. The first-order chi connectivity index (χ1) is 11.0. The second kappa shape index (κ2) is 8.29. The summed E-state index contributed by atoms with van der Waals surface area (Å²) in [6, 6.07) is -0.421. The zero-order valence-corrected chi connectivity index (χ0v) is 14.2. The molecule has 130 valence electrons. The van der Waals surface area contributed by atoms with Gasteiger partial charge >= 0.3 is 6.03 Å². The number of likely N-dealkylation sites (tertiary alicyclic amines) is 1. The highest BCUT2D eigenvalue weighted by molar-refractivity contribution is 6.04. The quantitative estimate of drug-likeness (QED) is 0.728. The smallest absolute Gasteiger partial charge is 0.325 e. The third-order valence-corrected chi connectivity index (χ3v) is 4.53. The minimum atomic E-state index is -0.473. The standard InChI is InChI=1S/C16H28N4O3/c1-13(2)19(10-9-18-7-5-3-4-6-8-18)15(22)12-20-14(21)11-17-16(20)23/h13H,3-12H2,1-2H3,(H,17,23). The Bertz CT molecular complexity index is 429. The van der Waals surface area contributed by atoms with E-state index in [1.165, 1.54) is 25.7 Å². The van der Waals surface area contributed by atoms with Crippen LogP contribution < -0.4 is 5.32 Å². The van der Waals surface area contributed by atoms with Crippen LogP contribution in [0.25, 0.3) is 0 Å². The van der Waals surface area contributed by atoms with Crippen LogP contribution in [0.2, 0.25) is 0 Å². The Hall–Kier alpha value is -1.63. The Morgan fingerprint density at radius 2 is 1.83 bits per heavy atom. The second-order valence-electron chi connectivity index (χ2n) is 6.58. The van der Waals surface area contributed by atoms with Crippen molar-refractivity contribution in [1.29, 1.82) is 0 Å². The van der Waals surface area contributed by atoms with Crippen LogP contribution in [0.4, 0.5) is 4.79 Å². The van der Waals surface area contributed by atoms with Gasteiger partial charge in [-0.25, -0.2) is 4.79 Å². The maximum atomic E-state index is 12.5. The molecule has 2 heterocycles. The predicted octanol–water partition coefficient (Wildman–Crippen LogP) is 0.651. The van der Waals surface area contributed by atoms with Gasteiger partial charge in [0.25, 0.3) is 5.91 Å². The highest BCUT2D eigenvalue weighted by Crippen LogP contribution is 2.10. The largest absolute Gasteiger partial charge is 0.337 e. The lowest BCUT2D eigenvalue weighted by Gasteiger charge is -2.31. The molecule has 7 heteroatoms. The number of carbonyl (C=O) groups is 3. The fourth-order valence-electron chi connectivity index (χ4n) is 3.12. The van der Waals surface area contributed by atoms with Crippen LogP contribution in [0.15, 0.2) is 0 Å². The minimum absolute atomic E-state index is 0.0123. The Kier molecular flexibility index (Phi) is 6.38. The van der Waals surface area contributed by atoms with Crippen molar-refractivity contribution in [3.8, 4) is 0 Å². The van der Waals surface area contributed by atoms with Crippen molar-refractivity contribution in [3.63, 3.8) is 0 Å². The van der Waals surface area contributed by atoms with Crippen LogP contribution in [0.3, 0.4) is 0 Å². The van der Waals surface area contributed by atoms with Crippen LogP contribution in [0.1, 0.15) is 39.5 Å². The molecule has 4 amide bonds. The van der Waals surface area contributed by atoms with Crippen molar-refractivity contribution in [1.82, 2.24) is 20.0 Å². The van der Waals surface area contributed by atoms with Crippen LogP contribution >= 0.6 is 0 Å². The van der Waals surface area contributed by atoms with Crippen molar-refractivity contribution in [3.05, 3.63) is 0 Å². The number of imide groups is 1. The number of nitrogens with one attached hydrogen (secondary N) is 1. The zero-order valence-electron chi connectivity index (χ0n) is 14.2. The van der Waals surface area contributed by atoms with E-state index in [4.69, 9.17) is 0 Å². The first-order valence-electron chi connectivity index (χ1n) is 8.59. The van der Waals surface area contributed by atoms with E-state index in [0.29, 0.717) is 6.54 Å². The molecule has 2 aliphatic heterocycles. The van der Waals surface area contributed by atoms with E-state index in [9.17, 15) is 14.4 Å². The van der Waals surface area contributed by atoms with Gasteiger partial charge in [-0.15, -0.1) is 0 Å². The lowest BCUT2D eigenvalue weighted by molar-refractivity contribution is -0.137. The average Bonchev–Trinajstić information content (AvgIpc) is 2.72. The van der Waals surface area contributed by atoms with Crippen LogP contribution in [-0.2, 0) is 9.59 Å². The van der Waals surface area contributed by atoms with Gasteiger partial charge in [0.05, 0.1) is 6.54 Å². The SMILES string of the molecule is CC(C)N(CCN1CCCCCC1)C(=O)CN1C(=O)CNC1=O. The maximum absolute atomic E-state index is 12.5. The van der Waals surface area contributed by atoms with Crippen molar-refractivity contribution in [2.45, 2.75) is 45.6 Å². The molecule has 7 nitrogen and oxygen atoms in total. The highest BCUT2D eigenvalue weighted by Gasteiger charge is 2.32. The molecule has 0 aromatic rings. The monoisotopic (exact) mass is 324 g/mol. The topological polar surface area (TPSA) is 73.0 Å². The third-order valence-electron chi connectivity index (χ3n) is 4.53.